The number of likely N-dealkylation sites (tertiary alicyclic amines) is 2. The fourth-order valence-corrected chi connectivity index (χ4v) is 7.88. The molecule has 3 aliphatic heterocycles. The van der Waals surface area contributed by atoms with Gasteiger partial charge >= 0.3 is 0 Å². The van der Waals surface area contributed by atoms with Crippen LogP contribution in [0.2, 0.25) is 10.0 Å². The molecule has 0 bridgehead atoms. The van der Waals surface area contributed by atoms with E-state index in [1.165, 1.54) is 0 Å². The molecular formula is C36H37Cl2N5O4. The van der Waals surface area contributed by atoms with Gasteiger partial charge in [0.05, 0.1) is 41.3 Å². The first-order valence-corrected chi connectivity index (χ1v) is 16.4. The number of nitrogens with one attached hydrogen (secondary N) is 1. The molecule has 47 heavy (non-hydrogen) atoms. The van der Waals surface area contributed by atoms with Gasteiger partial charge in [-0.05, 0) is 25.1 Å². The molecule has 1 amide bonds. The highest BCUT2D eigenvalue weighted by atomic mass is 35.5. The smallest absolute Gasteiger partial charge is 0.220 e. The maximum absolute atomic E-state index is 11.7. The van der Waals surface area contributed by atoms with Gasteiger partial charge in [0.1, 0.15) is 5.75 Å². The van der Waals surface area contributed by atoms with Gasteiger partial charge in [-0.1, -0.05) is 59.6 Å². The minimum atomic E-state index is -0.634. The van der Waals surface area contributed by atoms with Crippen molar-refractivity contribution in [3.05, 3.63) is 82.0 Å². The second kappa shape index (κ2) is 12.4. The zero-order valence-electron chi connectivity index (χ0n) is 26.6. The number of nitrogens with zero attached hydrogens (tertiary/aromatic N) is 4. The van der Waals surface area contributed by atoms with Crippen molar-refractivity contribution in [1.29, 1.82) is 0 Å². The molecule has 2 N–H and O–H groups in total. The van der Waals surface area contributed by atoms with Crippen LogP contribution in [-0.4, -0.2) is 83.3 Å². The third-order valence-electron chi connectivity index (χ3n) is 9.38. The molecule has 244 valence electrons. The Kier molecular flexibility index (Phi) is 8.39. The molecule has 0 atom stereocenters. The highest BCUT2D eigenvalue weighted by Crippen LogP contribution is 2.43. The lowest BCUT2D eigenvalue weighted by molar-refractivity contribution is -0.120. The molecule has 2 aromatic carbocycles. The number of hydrogen-bond donors (Lipinski definition) is 2. The Morgan fingerprint density at radius 2 is 1.60 bits per heavy atom. The monoisotopic (exact) mass is 673 g/mol. The van der Waals surface area contributed by atoms with E-state index in [0.717, 1.165) is 58.8 Å². The van der Waals surface area contributed by atoms with Crippen molar-refractivity contribution < 1.29 is 19.4 Å². The van der Waals surface area contributed by atoms with Crippen LogP contribution in [0.1, 0.15) is 24.5 Å². The summed E-state index contributed by atoms with van der Waals surface area (Å²) in [6.45, 7) is 6.97. The Hall–Kier alpha value is -3.73. The van der Waals surface area contributed by atoms with E-state index in [4.69, 9.17) is 37.7 Å². The number of aromatic nitrogens is 2. The van der Waals surface area contributed by atoms with Crippen molar-refractivity contribution >= 4 is 29.1 Å². The standard InChI is InChI=1S/C36H37Cl2N5O4/c1-35(45)18-42(19-35)15-23-8-7-22(13-29(23)46-2)33-32(38)26(11-12-39-33)25-5-4-6-27(31(25)37)28-10-9-24(34(41-28)47-3)16-43-20-36(21-43)14-30(44)40-17-36/h4-13,45H,14-21H2,1-3H3,(H,40,44). The lowest BCUT2D eigenvalue weighted by atomic mass is 9.79. The number of pyridine rings is 2. The molecule has 5 heterocycles. The van der Waals surface area contributed by atoms with E-state index in [9.17, 15) is 9.90 Å². The molecule has 0 aliphatic carbocycles. The van der Waals surface area contributed by atoms with E-state index in [-0.39, 0.29) is 11.3 Å². The second-order valence-corrected chi connectivity index (χ2v) is 14.1. The van der Waals surface area contributed by atoms with Crippen LogP contribution >= 0.6 is 23.2 Å². The molecule has 3 saturated heterocycles. The van der Waals surface area contributed by atoms with Crippen LogP contribution in [-0.2, 0) is 17.9 Å². The molecule has 7 rings (SSSR count). The predicted octanol–water partition coefficient (Wildman–Crippen LogP) is 5.69. The van der Waals surface area contributed by atoms with Crippen molar-refractivity contribution in [2.75, 3.05) is 46.9 Å². The molecule has 3 fully saturated rings. The van der Waals surface area contributed by atoms with Gasteiger partial charge in [-0.3, -0.25) is 19.6 Å². The highest BCUT2D eigenvalue weighted by molar-refractivity contribution is 6.39. The molecule has 1 spiro atoms. The molecule has 11 heteroatoms. The normalized spacial score (nSPS) is 18.5. The summed E-state index contributed by atoms with van der Waals surface area (Å²) in [5.74, 6) is 1.42. The summed E-state index contributed by atoms with van der Waals surface area (Å²) in [7, 11) is 3.28. The van der Waals surface area contributed by atoms with Crippen LogP contribution in [0.3, 0.4) is 0 Å². The van der Waals surface area contributed by atoms with Crippen LogP contribution in [0, 0.1) is 5.41 Å². The van der Waals surface area contributed by atoms with Crippen LogP contribution in [0.4, 0.5) is 0 Å². The van der Waals surface area contributed by atoms with E-state index in [1.54, 1.807) is 20.4 Å². The average molecular weight is 675 g/mol. The molecule has 3 aliphatic rings. The van der Waals surface area contributed by atoms with Gasteiger partial charge in [0.25, 0.3) is 0 Å². The van der Waals surface area contributed by atoms with Gasteiger partial charge < -0.3 is 19.9 Å². The quantitative estimate of drug-likeness (QED) is 0.234. The first-order valence-electron chi connectivity index (χ1n) is 15.7. The minimum absolute atomic E-state index is 0.0627. The Morgan fingerprint density at radius 1 is 0.894 bits per heavy atom. The molecule has 0 radical (unpaired) electrons. The third-order valence-corrected chi connectivity index (χ3v) is 10.2. The van der Waals surface area contributed by atoms with Crippen molar-refractivity contribution in [2.24, 2.45) is 5.41 Å². The number of halogens is 2. The first-order chi connectivity index (χ1) is 22.6. The summed E-state index contributed by atoms with van der Waals surface area (Å²) in [5.41, 5.74) is 5.86. The number of benzene rings is 2. The number of ether oxygens (including phenoxy) is 2. The molecule has 0 unspecified atom stereocenters. The second-order valence-electron chi connectivity index (χ2n) is 13.3. The molecular weight excluding hydrogens is 637 g/mol. The van der Waals surface area contributed by atoms with Crippen LogP contribution in [0.25, 0.3) is 33.6 Å². The molecule has 0 saturated carbocycles. The number of methoxy groups -OCH3 is 2. The SMILES string of the molecule is COc1cc(-c2nccc(-c3cccc(-c4ccc(CN5CC6(CNC(=O)C6)C5)c(OC)n4)c3Cl)c2Cl)ccc1CN1CC(C)(O)C1. The summed E-state index contributed by atoms with van der Waals surface area (Å²) >= 11 is 14.2. The van der Waals surface area contributed by atoms with Crippen molar-refractivity contribution in [3.63, 3.8) is 0 Å². The number of carbonyl (C=O) groups is 1. The summed E-state index contributed by atoms with van der Waals surface area (Å²) in [4.78, 5) is 25.7. The Labute approximate surface area is 284 Å². The van der Waals surface area contributed by atoms with Crippen molar-refractivity contribution in [2.45, 2.75) is 32.0 Å². The highest BCUT2D eigenvalue weighted by Gasteiger charge is 2.48. The number of β-amino-alcohol motifs (C(OH)–C–C–N with tert-alkyl or cyclic N) is 1. The third kappa shape index (κ3) is 6.19. The summed E-state index contributed by atoms with van der Waals surface area (Å²) in [6, 6.07) is 17.6. The number of hydrogen-bond acceptors (Lipinski definition) is 8. The topological polar surface area (TPSA) is 100 Å². The van der Waals surface area contributed by atoms with Gasteiger partial charge in [0, 0.05) is 97.2 Å². The zero-order chi connectivity index (χ0) is 32.9. The van der Waals surface area contributed by atoms with Crippen LogP contribution < -0.4 is 14.8 Å². The van der Waals surface area contributed by atoms with E-state index in [1.807, 2.05) is 61.5 Å². The Balaban J connectivity index is 1.13. The number of aliphatic hydroxyl groups is 1. The van der Waals surface area contributed by atoms with Crippen LogP contribution in [0.15, 0.2) is 60.8 Å². The van der Waals surface area contributed by atoms with E-state index >= 15 is 0 Å². The van der Waals surface area contributed by atoms with Gasteiger partial charge in [-0.2, -0.15) is 0 Å². The minimum Gasteiger partial charge on any atom is -0.496 e. The van der Waals surface area contributed by atoms with Gasteiger partial charge in [0.2, 0.25) is 11.8 Å². The lowest BCUT2D eigenvalue weighted by Crippen LogP contribution is -2.59. The number of amides is 1. The van der Waals surface area contributed by atoms with Gasteiger partial charge in [-0.25, -0.2) is 4.98 Å². The lowest BCUT2D eigenvalue weighted by Gasteiger charge is -2.47. The number of carbonyl (C=O) groups excluding carboxylic acids is 1. The fourth-order valence-electron chi connectivity index (χ4n) is 7.23. The van der Waals surface area contributed by atoms with Crippen molar-refractivity contribution in [1.82, 2.24) is 25.1 Å². The number of rotatable bonds is 9. The largest absolute Gasteiger partial charge is 0.496 e. The Morgan fingerprint density at radius 3 is 2.30 bits per heavy atom. The van der Waals surface area contributed by atoms with E-state index in [0.29, 0.717) is 59.9 Å². The van der Waals surface area contributed by atoms with Gasteiger partial charge in [0.15, 0.2) is 0 Å². The summed E-state index contributed by atoms with van der Waals surface area (Å²) in [5, 5.41) is 14.1. The van der Waals surface area contributed by atoms with E-state index in [2.05, 4.69) is 20.1 Å². The van der Waals surface area contributed by atoms with E-state index < -0.39 is 5.60 Å². The zero-order valence-corrected chi connectivity index (χ0v) is 28.2. The van der Waals surface area contributed by atoms with Crippen LogP contribution in [0.5, 0.6) is 11.6 Å². The first kappa shape index (κ1) is 31.8. The van der Waals surface area contributed by atoms with Gasteiger partial charge in [-0.15, -0.1) is 0 Å². The summed E-state index contributed by atoms with van der Waals surface area (Å²) in [6.07, 6.45) is 2.33. The average Bonchev–Trinajstić information content (AvgIpc) is 3.42. The molecule has 2 aromatic heterocycles. The molecule has 4 aromatic rings. The van der Waals surface area contributed by atoms with Crippen molar-refractivity contribution in [3.8, 4) is 45.3 Å². The Bertz CT molecular complexity index is 1850. The maximum Gasteiger partial charge on any atom is 0.220 e. The maximum atomic E-state index is 11.7. The fraction of sp³-hybridized carbons (Fsp3) is 0.361. The molecule has 9 nitrogen and oxygen atoms in total. The predicted molar refractivity (Wildman–Crippen MR) is 183 cm³/mol. The summed E-state index contributed by atoms with van der Waals surface area (Å²) < 4.78 is 11.5.